The van der Waals surface area contributed by atoms with E-state index in [4.69, 9.17) is 19.9 Å². The molecule has 0 N–H and O–H groups in total. The van der Waals surface area contributed by atoms with Gasteiger partial charge < -0.3 is 0 Å². The van der Waals surface area contributed by atoms with Gasteiger partial charge in [-0.3, -0.25) is 4.98 Å². The van der Waals surface area contributed by atoms with Gasteiger partial charge in [0.25, 0.3) is 0 Å². The predicted molar refractivity (Wildman–Crippen MR) is 314 cm³/mol. The smallest absolute Gasteiger partial charge is 0.165 e. The molecule has 376 valence electrons. The maximum absolute atomic E-state index is 5.22. The van der Waals surface area contributed by atoms with Crippen molar-refractivity contribution in [2.24, 2.45) is 0 Å². The van der Waals surface area contributed by atoms with E-state index in [-0.39, 0.29) is 10.8 Å². The Morgan fingerprint density at radius 3 is 1.25 bits per heavy atom. The van der Waals surface area contributed by atoms with Crippen molar-refractivity contribution in [1.29, 1.82) is 0 Å². The Hall–Kier alpha value is -7.30. The van der Waals surface area contributed by atoms with E-state index in [1.54, 1.807) is 0 Å². The van der Waals surface area contributed by atoms with E-state index in [1.165, 1.54) is 129 Å². The first kappa shape index (κ1) is 49.9. The highest BCUT2D eigenvalue weighted by atomic mass is 15.0. The SMILES string of the molecule is CCCCCCc1cc(CCCCCC)cc(-c2ccc3c(c2)C2(c4ccccc4-c4ccccc42)c2cc(-c4ccc(-c5nc(-c6ccc(C(C)(C)C)cc6)nc(-c6ccc(C(C)(C)C)cc6)n5)cn4)ccc2-3)c1. The molecule has 9 aromatic rings. The molecule has 0 saturated heterocycles. The lowest BCUT2D eigenvalue weighted by atomic mass is 9.70. The number of aryl methyl sites for hydroxylation is 2. The molecule has 2 heterocycles. The summed E-state index contributed by atoms with van der Waals surface area (Å²) in [5, 5.41) is 0. The molecule has 2 aliphatic rings. The Bertz CT molecular complexity index is 3360. The van der Waals surface area contributed by atoms with Gasteiger partial charge in [-0.2, -0.15) is 0 Å². The number of hydrogen-bond donors (Lipinski definition) is 0. The standard InChI is InChI=1S/C71H72N4/c1-9-11-13-15-21-47-41-48(22-16-14-12-10-2)43-54(42-47)51-31-38-59-60-39-32-52(45-64(60)71(63(59)44-51)61-25-19-17-23-57(61)58-24-18-20-26-62(58)71)65-40-33-53(46-72-65)68-74-66(49-27-34-55(35-28-49)69(3,4)5)73-67(75-68)50-29-36-56(37-30-50)70(6,7)8/h17-20,23-46H,9-16,21-22H2,1-8H3. The molecule has 0 atom stereocenters. The Morgan fingerprint density at radius 2 is 0.787 bits per heavy atom. The first-order valence-corrected chi connectivity index (χ1v) is 27.9. The molecule has 7 aromatic carbocycles. The minimum absolute atomic E-state index is 0.0347. The van der Waals surface area contributed by atoms with Crippen LogP contribution in [0, 0.1) is 0 Å². The lowest BCUT2D eigenvalue weighted by Crippen LogP contribution is -2.26. The van der Waals surface area contributed by atoms with Crippen LogP contribution in [0.5, 0.6) is 0 Å². The van der Waals surface area contributed by atoms with Gasteiger partial charge in [0.1, 0.15) is 0 Å². The van der Waals surface area contributed by atoms with Crippen molar-refractivity contribution in [2.45, 2.75) is 136 Å². The van der Waals surface area contributed by atoms with Crippen LogP contribution in [-0.2, 0) is 29.1 Å². The van der Waals surface area contributed by atoms with E-state index in [0.717, 1.165) is 40.8 Å². The molecule has 2 aliphatic carbocycles. The second-order valence-electron chi connectivity index (χ2n) is 23.4. The van der Waals surface area contributed by atoms with Gasteiger partial charge in [-0.05, 0) is 139 Å². The van der Waals surface area contributed by atoms with Crippen LogP contribution in [0.2, 0.25) is 0 Å². The highest BCUT2D eigenvalue weighted by molar-refractivity contribution is 5.97. The number of unbranched alkanes of at least 4 members (excludes halogenated alkanes) is 6. The largest absolute Gasteiger partial charge is 0.255 e. The van der Waals surface area contributed by atoms with Crippen molar-refractivity contribution >= 4 is 0 Å². The van der Waals surface area contributed by atoms with Crippen LogP contribution in [0.4, 0.5) is 0 Å². The summed E-state index contributed by atoms with van der Waals surface area (Å²) >= 11 is 0. The maximum Gasteiger partial charge on any atom is 0.165 e. The van der Waals surface area contributed by atoms with E-state index in [2.05, 4.69) is 219 Å². The molecule has 75 heavy (non-hydrogen) atoms. The third-order valence-electron chi connectivity index (χ3n) is 16.1. The average molecular weight is 981 g/mol. The number of pyridine rings is 1. The molecule has 0 unspecified atom stereocenters. The van der Waals surface area contributed by atoms with Crippen LogP contribution < -0.4 is 0 Å². The molecular weight excluding hydrogens is 909 g/mol. The molecule has 0 bridgehead atoms. The van der Waals surface area contributed by atoms with Crippen molar-refractivity contribution in [1.82, 2.24) is 19.9 Å². The van der Waals surface area contributed by atoms with Gasteiger partial charge in [0.15, 0.2) is 17.5 Å². The second-order valence-corrected chi connectivity index (χ2v) is 23.4. The van der Waals surface area contributed by atoms with Gasteiger partial charge in [-0.1, -0.05) is 233 Å². The van der Waals surface area contributed by atoms with E-state index in [9.17, 15) is 0 Å². The fourth-order valence-electron chi connectivity index (χ4n) is 11.9. The first-order valence-electron chi connectivity index (χ1n) is 27.9. The number of benzene rings is 7. The van der Waals surface area contributed by atoms with Crippen molar-refractivity contribution in [2.75, 3.05) is 0 Å². The van der Waals surface area contributed by atoms with Crippen LogP contribution in [0.25, 0.3) is 78.8 Å². The molecule has 4 nitrogen and oxygen atoms in total. The van der Waals surface area contributed by atoms with Gasteiger partial charge in [0.2, 0.25) is 0 Å². The average Bonchev–Trinajstić information content (AvgIpc) is 3.98. The zero-order valence-electron chi connectivity index (χ0n) is 45.5. The third-order valence-corrected chi connectivity index (χ3v) is 16.1. The molecule has 0 amide bonds. The summed E-state index contributed by atoms with van der Waals surface area (Å²) in [6, 6.07) is 61.7. The Labute approximate surface area is 446 Å². The highest BCUT2D eigenvalue weighted by Gasteiger charge is 2.51. The summed E-state index contributed by atoms with van der Waals surface area (Å²) in [5.74, 6) is 1.88. The van der Waals surface area contributed by atoms with Crippen LogP contribution in [-0.4, -0.2) is 19.9 Å². The fraction of sp³-hybridized carbons (Fsp3) is 0.296. The number of nitrogens with zero attached hydrogens (tertiary/aromatic N) is 4. The number of rotatable bonds is 15. The molecule has 4 heteroatoms. The van der Waals surface area contributed by atoms with E-state index in [1.807, 2.05) is 6.20 Å². The van der Waals surface area contributed by atoms with E-state index in [0.29, 0.717) is 17.5 Å². The number of fused-ring (bicyclic) bond motifs is 10. The molecule has 1 spiro atoms. The summed E-state index contributed by atoms with van der Waals surface area (Å²) in [5.41, 5.74) is 22.9. The first-order chi connectivity index (χ1) is 36.3. The zero-order valence-corrected chi connectivity index (χ0v) is 45.5. The lowest BCUT2D eigenvalue weighted by Gasteiger charge is -2.31. The van der Waals surface area contributed by atoms with Crippen molar-refractivity contribution in [3.8, 4) is 78.8 Å². The molecule has 0 aliphatic heterocycles. The predicted octanol–water partition coefficient (Wildman–Crippen LogP) is 18.8. The molecule has 2 aromatic heterocycles. The van der Waals surface area contributed by atoms with Crippen molar-refractivity contribution in [3.63, 3.8) is 0 Å². The Morgan fingerprint density at radius 1 is 0.360 bits per heavy atom. The quantitative estimate of drug-likeness (QED) is 0.0961. The monoisotopic (exact) mass is 981 g/mol. The van der Waals surface area contributed by atoms with E-state index < -0.39 is 5.41 Å². The summed E-state index contributed by atoms with van der Waals surface area (Å²) < 4.78 is 0. The normalized spacial score (nSPS) is 13.2. The summed E-state index contributed by atoms with van der Waals surface area (Å²) in [4.78, 5) is 20.6. The Kier molecular flexibility index (Phi) is 13.6. The van der Waals surface area contributed by atoms with E-state index >= 15 is 0 Å². The number of hydrogen-bond acceptors (Lipinski definition) is 4. The molecule has 0 saturated carbocycles. The minimum Gasteiger partial charge on any atom is -0.255 e. The third kappa shape index (κ3) is 9.58. The van der Waals surface area contributed by atoms with Crippen molar-refractivity contribution < 1.29 is 0 Å². The molecule has 11 rings (SSSR count). The minimum atomic E-state index is -0.502. The van der Waals surface area contributed by atoms with Gasteiger partial charge in [0.05, 0.1) is 11.1 Å². The van der Waals surface area contributed by atoms with Gasteiger partial charge in [-0.25, -0.2) is 15.0 Å². The van der Waals surface area contributed by atoms with Gasteiger partial charge >= 0.3 is 0 Å². The van der Waals surface area contributed by atoms with Gasteiger partial charge in [0, 0.05) is 28.5 Å². The summed E-state index contributed by atoms with van der Waals surface area (Å²) in [7, 11) is 0. The molecule has 0 radical (unpaired) electrons. The van der Waals surface area contributed by atoms with Crippen molar-refractivity contribution in [3.05, 3.63) is 214 Å². The molecular formula is C71H72N4. The second kappa shape index (κ2) is 20.4. The fourth-order valence-corrected chi connectivity index (χ4v) is 11.9. The van der Waals surface area contributed by atoms with Crippen LogP contribution >= 0.6 is 0 Å². The maximum atomic E-state index is 5.22. The summed E-state index contributed by atoms with van der Waals surface area (Å²) in [6.07, 6.45) is 14.3. The van der Waals surface area contributed by atoms with Gasteiger partial charge in [-0.15, -0.1) is 0 Å². The summed E-state index contributed by atoms with van der Waals surface area (Å²) in [6.45, 7) is 18.0. The Balaban J connectivity index is 0.999. The lowest BCUT2D eigenvalue weighted by molar-refractivity contribution is 0.590. The zero-order chi connectivity index (χ0) is 51.9. The van der Waals surface area contributed by atoms with Crippen LogP contribution in [0.3, 0.4) is 0 Å². The van der Waals surface area contributed by atoms with Crippen LogP contribution in [0.1, 0.15) is 151 Å². The highest BCUT2D eigenvalue weighted by Crippen LogP contribution is 2.63. The molecule has 0 fully saturated rings. The van der Waals surface area contributed by atoms with Crippen LogP contribution in [0.15, 0.2) is 170 Å². The topological polar surface area (TPSA) is 51.6 Å². The number of aromatic nitrogens is 4.